The molecule has 1 saturated heterocycles. The highest BCUT2D eigenvalue weighted by Crippen LogP contribution is 2.47. The van der Waals surface area contributed by atoms with Gasteiger partial charge in [0, 0.05) is 57.0 Å². The number of carbonyl (C=O) groups excluding carboxylic acids is 1. The van der Waals surface area contributed by atoms with Crippen molar-refractivity contribution in [3.05, 3.63) is 63.6 Å². The molecule has 1 amide bonds. The van der Waals surface area contributed by atoms with E-state index in [4.69, 9.17) is 0 Å². The van der Waals surface area contributed by atoms with Gasteiger partial charge >= 0.3 is 0 Å². The summed E-state index contributed by atoms with van der Waals surface area (Å²) in [5, 5.41) is 15.6. The van der Waals surface area contributed by atoms with Gasteiger partial charge in [0.25, 0.3) is 11.5 Å². The van der Waals surface area contributed by atoms with Crippen molar-refractivity contribution in [3.8, 4) is 0 Å². The molecule has 2 aromatic heterocycles. The zero-order chi connectivity index (χ0) is 26.4. The van der Waals surface area contributed by atoms with Crippen LogP contribution in [0.5, 0.6) is 0 Å². The molecule has 3 aromatic rings. The second-order valence-corrected chi connectivity index (χ2v) is 11.3. The molecule has 1 aromatic carbocycles. The van der Waals surface area contributed by atoms with E-state index in [1.807, 2.05) is 22.9 Å². The Labute approximate surface area is 222 Å². The number of hydrogen-bond donors (Lipinski definition) is 2. The molecule has 3 aliphatic rings. The van der Waals surface area contributed by atoms with Crippen LogP contribution in [0.15, 0.2) is 41.2 Å². The maximum Gasteiger partial charge on any atom is 0.290 e. The summed E-state index contributed by atoms with van der Waals surface area (Å²) in [6, 6.07) is 11.9. The first-order valence-corrected chi connectivity index (χ1v) is 13.5. The Morgan fingerprint density at radius 3 is 2.61 bits per heavy atom. The number of benzene rings is 1. The minimum absolute atomic E-state index is 0.00387. The summed E-state index contributed by atoms with van der Waals surface area (Å²) in [6.07, 6.45) is 4.27. The molecule has 2 aliphatic heterocycles. The van der Waals surface area contributed by atoms with E-state index in [9.17, 15) is 9.59 Å². The van der Waals surface area contributed by atoms with Crippen LogP contribution in [0.2, 0.25) is 0 Å². The minimum Gasteiger partial charge on any atom is -0.353 e. The van der Waals surface area contributed by atoms with Crippen molar-refractivity contribution in [1.82, 2.24) is 29.8 Å². The number of fused-ring (bicyclic) bond motifs is 1. The van der Waals surface area contributed by atoms with Crippen molar-refractivity contribution >= 4 is 23.2 Å². The predicted molar refractivity (Wildman–Crippen MR) is 147 cm³/mol. The van der Waals surface area contributed by atoms with E-state index in [2.05, 4.69) is 56.7 Å². The average molecular weight is 517 g/mol. The largest absolute Gasteiger partial charge is 0.353 e. The maximum atomic E-state index is 13.0. The fraction of sp³-hybridized carbons (Fsp3) is 0.500. The quantitative estimate of drug-likeness (QED) is 0.520. The number of nitrogens with zero attached hydrogens (tertiary/aromatic N) is 6. The highest BCUT2D eigenvalue weighted by molar-refractivity contribution is 5.94. The van der Waals surface area contributed by atoms with Crippen LogP contribution < -0.4 is 21.1 Å². The van der Waals surface area contributed by atoms with Gasteiger partial charge in [-0.2, -0.15) is 10.2 Å². The highest BCUT2D eigenvalue weighted by Gasteiger charge is 2.38. The third kappa shape index (κ3) is 4.92. The van der Waals surface area contributed by atoms with Gasteiger partial charge in [-0.25, -0.2) is 4.68 Å². The van der Waals surface area contributed by atoms with Crippen LogP contribution in [0.25, 0.3) is 0 Å². The number of nitrogens with one attached hydrogen (secondary N) is 2. The average Bonchev–Trinajstić information content (AvgIpc) is 3.54. The molecule has 1 saturated carbocycles. The standard InChI is InChI=1S/C28H36N8O2/c1-28(10-11-28)20-8-6-19(7-9-20)26(37)29-21-5-4-12-35(17-21)25-16-23(27(38)34(3)32-25)30-24-15-22-18-33(2)13-14-36(22)31-24/h6-9,15-16,21H,4-5,10-14,17-18H2,1-3H3,(H,29,37)(H,30,31)/t21-/m1/s1. The molecule has 10 nitrogen and oxygen atoms in total. The molecular formula is C28H36N8O2. The third-order valence-electron chi connectivity index (χ3n) is 8.23. The number of piperidine rings is 1. The smallest absolute Gasteiger partial charge is 0.290 e. The first kappa shape index (κ1) is 24.7. The van der Waals surface area contributed by atoms with Gasteiger partial charge in [0.05, 0.1) is 12.2 Å². The van der Waals surface area contributed by atoms with E-state index in [-0.39, 0.29) is 17.5 Å². The summed E-state index contributed by atoms with van der Waals surface area (Å²) in [5.41, 5.74) is 3.66. The van der Waals surface area contributed by atoms with Crippen LogP contribution in [0.1, 0.15) is 54.2 Å². The van der Waals surface area contributed by atoms with Crippen molar-refractivity contribution in [1.29, 1.82) is 0 Å². The molecular weight excluding hydrogens is 480 g/mol. The Balaban J connectivity index is 1.14. The van der Waals surface area contributed by atoms with Gasteiger partial charge in [0.2, 0.25) is 0 Å². The fourth-order valence-corrected chi connectivity index (χ4v) is 5.51. The first-order chi connectivity index (χ1) is 18.3. The lowest BCUT2D eigenvalue weighted by Crippen LogP contribution is -2.48. The molecule has 10 heteroatoms. The lowest BCUT2D eigenvalue weighted by molar-refractivity contribution is 0.0933. The number of carbonyl (C=O) groups is 1. The van der Waals surface area contributed by atoms with Gasteiger partial charge < -0.3 is 15.5 Å². The minimum atomic E-state index is -0.206. The van der Waals surface area contributed by atoms with E-state index < -0.39 is 0 Å². The SMILES string of the molecule is CN1CCn2nc(Nc3cc(N4CCC[C@@H](NC(=O)c5ccc(C6(C)CC6)cc5)C4)nn(C)c3=O)cc2C1. The zero-order valence-electron chi connectivity index (χ0n) is 22.4. The molecule has 6 rings (SSSR count). The van der Waals surface area contributed by atoms with E-state index in [0.29, 0.717) is 34.8 Å². The summed E-state index contributed by atoms with van der Waals surface area (Å²) < 4.78 is 3.36. The summed E-state index contributed by atoms with van der Waals surface area (Å²) in [5.74, 6) is 1.32. The molecule has 0 unspecified atom stereocenters. The number of likely N-dealkylation sites (N-methyl/N-ethyl adjacent to an activating group) is 1. The monoisotopic (exact) mass is 516 g/mol. The Morgan fingerprint density at radius 2 is 1.84 bits per heavy atom. The van der Waals surface area contributed by atoms with Gasteiger partial charge in [0.15, 0.2) is 11.6 Å². The molecule has 4 heterocycles. The van der Waals surface area contributed by atoms with Crippen LogP contribution in [0.4, 0.5) is 17.3 Å². The molecule has 2 N–H and O–H groups in total. The van der Waals surface area contributed by atoms with Gasteiger partial charge in [-0.3, -0.25) is 19.2 Å². The lowest BCUT2D eigenvalue weighted by Gasteiger charge is -2.34. The predicted octanol–water partition coefficient (Wildman–Crippen LogP) is 2.62. The summed E-state index contributed by atoms with van der Waals surface area (Å²) >= 11 is 0. The number of aryl methyl sites for hydroxylation is 1. The van der Waals surface area contributed by atoms with Crippen LogP contribution in [-0.2, 0) is 25.6 Å². The second kappa shape index (κ2) is 9.58. The van der Waals surface area contributed by atoms with Crippen LogP contribution in [0, 0.1) is 0 Å². The summed E-state index contributed by atoms with van der Waals surface area (Å²) in [4.78, 5) is 30.3. The molecule has 2 fully saturated rings. The van der Waals surface area contributed by atoms with Crippen molar-refractivity contribution in [3.63, 3.8) is 0 Å². The molecule has 1 atom stereocenters. The van der Waals surface area contributed by atoms with Crippen LogP contribution in [-0.4, -0.2) is 63.1 Å². The van der Waals surface area contributed by atoms with E-state index in [0.717, 1.165) is 44.7 Å². The first-order valence-electron chi connectivity index (χ1n) is 13.5. The maximum absolute atomic E-state index is 13.0. The van der Waals surface area contributed by atoms with Gasteiger partial charge in [-0.1, -0.05) is 19.1 Å². The summed E-state index contributed by atoms with van der Waals surface area (Å²) in [7, 11) is 3.76. The van der Waals surface area contributed by atoms with Crippen molar-refractivity contribution in [2.45, 2.75) is 57.2 Å². The van der Waals surface area contributed by atoms with Crippen LogP contribution in [0.3, 0.4) is 0 Å². The van der Waals surface area contributed by atoms with E-state index in [1.54, 1.807) is 13.1 Å². The van der Waals surface area contributed by atoms with Crippen molar-refractivity contribution in [2.75, 3.05) is 36.9 Å². The second-order valence-electron chi connectivity index (χ2n) is 11.3. The molecule has 0 radical (unpaired) electrons. The fourth-order valence-electron chi connectivity index (χ4n) is 5.51. The zero-order valence-corrected chi connectivity index (χ0v) is 22.4. The van der Waals surface area contributed by atoms with Crippen molar-refractivity contribution < 1.29 is 4.79 Å². The summed E-state index contributed by atoms with van der Waals surface area (Å²) in [6.45, 7) is 6.34. The van der Waals surface area contributed by atoms with E-state index in [1.165, 1.54) is 23.1 Å². The topological polar surface area (TPSA) is 100 Å². The van der Waals surface area contributed by atoms with Gasteiger partial charge in [-0.15, -0.1) is 0 Å². The molecule has 0 bridgehead atoms. The molecule has 1 aliphatic carbocycles. The van der Waals surface area contributed by atoms with Gasteiger partial charge in [-0.05, 0) is 55.8 Å². The number of aromatic nitrogens is 4. The molecule has 0 spiro atoms. The lowest BCUT2D eigenvalue weighted by atomic mass is 9.97. The number of rotatable bonds is 6. The highest BCUT2D eigenvalue weighted by atomic mass is 16.2. The number of amides is 1. The Bertz CT molecular complexity index is 1410. The Morgan fingerprint density at radius 1 is 1.05 bits per heavy atom. The number of anilines is 3. The Hall–Kier alpha value is -3.66. The normalized spacial score (nSPS) is 20.6. The number of hydrogen-bond acceptors (Lipinski definition) is 7. The van der Waals surface area contributed by atoms with E-state index >= 15 is 0 Å². The van der Waals surface area contributed by atoms with Gasteiger partial charge in [0.1, 0.15) is 5.69 Å². The molecule has 200 valence electrons. The van der Waals surface area contributed by atoms with Crippen molar-refractivity contribution in [2.24, 2.45) is 7.05 Å². The third-order valence-corrected chi connectivity index (χ3v) is 8.23. The van der Waals surface area contributed by atoms with Crippen LogP contribution >= 0.6 is 0 Å². The molecule has 38 heavy (non-hydrogen) atoms. The Kier molecular flexibility index (Phi) is 6.22.